The van der Waals surface area contributed by atoms with Crippen LogP contribution in [0.15, 0.2) is 18.2 Å². The average molecular weight is 250 g/mol. The number of hydrogen-bond acceptors (Lipinski definition) is 4. The van der Waals surface area contributed by atoms with Crippen LogP contribution in [0.4, 0.5) is 11.4 Å². The number of ether oxygens (including phenoxy) is 1. The largest absolute Gasteiger partial charge is 0.372 e. The fourth-order valence-electron chi connectivity index (χ4n) is 2.48. The summed E-state index contributed by atoms with van der Waals surface area (Å²) in [6.07, 6.45) is 0.367. The number of aryl methyl sites for hydroxylation is 1. The fraction of sp³-hybridized carbons (Fsp3) is 0.538. The molecule has 18 heavy (non-hydrogen) atoms. The Hall–Kier alpha value is -1.62. The molecule has 0 radical (unpaired) electrons. The van der Waals surface area contributed by atoms with Gasteiger partial charge in [-0.3, -0.25) is 10.1 Å². The van der Waals surface area contributed by atoms with E-state index in [1.807, 2.05) is 26.8 Å². The van der Waals surface area contributed by atoms with Crippen molar-refractivity contribution in [3.8, 4) is 0 Å². The Labute approximate surface area is 107 Å². The van der Waals surface area contributed by atoms with Crippen LogP contribution in [-0.4, -0.2) is 30.2 Å². The van der Waals surface area contributed by atoms with Crippen LogP contribution in [0.1, 0.15) is 19.4 Å². The van der Waals surface area contributed by atoms with Gasteiger partial charge in [0.15, 0.2) is 0 Å². The van der Waals surface area contributed by atoms with Crippen molar-refractivity contribution in [2.24, 2.45) is 0 Å². The van der Waals surface area contributed by atoms with Crippen LogP contribution in [0, 0.1) is 17.0 Å². The molecular weight excluding hydrogens is 232 g/mol. The maximum absolute atomic E-state index is 10.7. The van der Waals surface area contributed by atoms with Crippen LogP contribution in [0.25, 0.3) is 0 Å². The van der Waals surface area contributed by atoms with E-state index in [9.17, 15) is 10.1 Å². The summed E-state index contributed by atoms with van der Waals surface area (Å²) in [5.74, 6) is 0. The molecule has 1 heterocycles. The van der Waals surface area contributed by atoms with Crippen LogP contribution in [0.5, 0.6) is 0 Å². The Kier molecular flexibility index (Phi) is 3.52. The van der Waals surface area contributed by atoms with Gasteiger partial charge < -0.3 is 9.64 Å². The number of non-ortho nitro benzene ring substituents is 1. The summed E-state index contributed by atoms with van der Waals surface area (Å²) in [7, 11) is 0. The molecule has 1 fully saturated rings. The predicted molar refractivity (Wildman–Crippen MR) is 70.1 cm³/mol. The Morgan fingerprint density at radius 1 is 1.33 bits per heavy atom. The van der Waals surface area contributed by atoms with Crippen molar-refractivity contribution in [2.75, 3.05) is 18.0 Å². The van der Waals surface area contributed by atoms with Crippen LogP contribution in [0.3, 0.4) is 0 Å². The molecular formula is C13H18N2O3. The Balaban J connectivity index is 2.25. The van der Waals surface area contributed by atoms with E-state index >= 15 is 0 Å². The first-order chi connectivity index (χ1) is 8.47. The first-order valence-electron chi connectivity index (χ1n) is 6.13. The van der Waals surface area contributed by atoms with Gasteiger partial charge in [-0.2, -0.15) is 0 Å². The molecule has 0 bridgehead atoms. The van der Waals surface area contributed by atoms with E-state index in [1.165, 1.54) is 0 Å². The molecule has 2 atom stereocenters. The summed E-state index contributed by atoms with van der Waals surface area (Å²) in [4.78, 5) is 12.6. The van der Waals surface area contributed by atoms with Gasteiger partial charge >= 0.3 is 0 Å². The summed E-state index contributed by atoms with van der Waals surface area (Å²) < 4.78 is 5.69. The maximum atomic E-state index is 10.7. The van der Waals surface area contributed by atoms with Crippen molar-refractivity contribution in [1.29, 1.82) is 0 Å². The Morgan fingerprint density at radius 2 is 1.94 bits per heavy atom. The smallest absolute Gasteiger partial charge is 0.269 e. The minimum atomic E-state index is -0.360. The number of morpholine rings is 1. The summed E-state index contributed by atoms with van der Waals surface area (Å²) in [5, 5.41) is 10.7. The third-order valence-electron chi connectivity index (χ3n) is 3.15. The first kappa shape index (κ1) is 12.8. The molecule has 0 saturated carbocycles. The van der Waals surface area contributed by atoms with Crippen LogP contribution < -0.4 is 4.90 Å². The SMILES string of the molecule is Cc1cc([N+](=O)[O-])ccc1N1C[C@@H](C)O[C@@H](C)C1. The van der Waals surface area contributed by atoms with E-state index in [0.29, 0.717) is 0 Å². The summed E-state index contributed by atoms with van der Waals surface area (Å²) in [6.45, 7) is 7.64. The van der Waals surface area contributed by atoms with Crippen LogP contribution in [0.2, 0.25) is 0 Å². The number of hydrogen-bond donors (Lipinski definition) is 0. The molecule has 1 aliphatic rings. The molecule has 5 heteroatoms. The first-order valence-corrected chi connectivity index (χ1v) is 6.13. The molecule has 98 valence electrons. The Bertz CT molecular complexity index is 452. The molecule has 0 aromatic heterocycles. The normalized spacial score (nSPS) is 24.1. The molecule has 1 aromatic rings. The van der Waals surface area contributed by atoms with E-state index in [-0.39, 0.29) is 22.8 Å². The summed E-state index contributed by atoms with van der Waals surface area (Å²) in [6, 6.07) is 5.02. The molecule has 0 N–H and O–H groups in total. The van der Waals surface area contributed by atoms with Gasteiger partial charge in [-0.1, -0.05) is 0 Å². The maximum Gasteiger partial charge on any atom is 0.269 e. The van der Waals surface area contributed by atoms with Crippen molar-refractivity contribution < 1.29 is 9.66 Å². The van der Waals surface area contributed by atoms with Gasteiger partial charge in [0.1, 0.15) is 0 Å². The van der Waals surface area contributed by atoms with Crippen molar-refractivity contribution in [3.63, 3.8) is 0 Å². The lowest BCUT2D eigenvalue weighted by atomic mass is 10.1. The number of nitro benzene ring substituents is 1. The quantitative estimate of drug-likeness (QED) is 0.598. The van der Waals surface area contributed by atoms with E-state index in [4.69, 9.17) is 4.74 Å². The minimum absolute atomic E-state index is 0.144. The lowest BCUT2D eigenvalue weighted by molar-refractivity contribution is -0.384. The van der Waals surface area contributed by atoms with Gasteiger partial charge in [-0.25, -0.2) is 0 Å². The number of nitrogens with zero attached hydrogens (tertiary/aromatic N) is 2. The second kappa shape index (κ2) is 4.94. The van der Waals surface area contributed by atoms with E-state index in [0.717, 1.165) is 24.3 Å². The monoisotopic (exact) mass is 250 g/mol. The topological polar surface area (TPSA) is 55.6 Å². The van der Waals surface area contributed by atoms with Gasteiger partial charge in [0.25, 0.3) is 5.69 Å². The lowest BCUT2D eigenvalue weighted by Gasteiger charge is -2.37. The molecule has 0 amide bonds. The van der Waals surface area contributed by atoms with Crippen molar-refractivity contribution in [1.82, 2.24) is 0 Å². The minimum Gasteiger partial charge on any atom is -0.372 e. The number of nitro groups is 1. The van der Waals surface area contributed by atoms with Crippen LogP contribution >= 0.6 is 0 Å². The van der Waals surface area contributed by atoms with Crippen molar-refractivity contribution >= 4 is 11.4 Å². The molecule has 0 spiro atoms. The zero-order chi connectivity index (χ0) is 13.3. The number of benzene rings is 1. The molecule has 1 aromatic carbocycles. The highest BCUT2D eigenvalue weighted by atomic mass is 16.6. The van der Waals surface area contributed by atoms with E-state index in [2.05, 4.69) is 4.90 Å². The molecule has 1 saturated heterocycles. The van der Waals surface area contributed by atoms with Gasteiger partial charge in [0, 0.05) is 30.9 Å². The van der Waals surface area contributed by atoms with Gasteiger partial charge in [-0.15, -0.1) is 0 Å². The highest BCUT2D eigenvalue weighted by molar-refractivity contribution is 5.57. The number of anilines is 1. The molecule has 1 aliphatic heterocycles. The second-order valence-electron chi connectivity index (χ2n) is 4.89. The van der Waals surface area contributed by atoms with Crippen molar-refractivity contribution in [2.45, 2.75) is 33.0 Å². The fourth-order valence-corrected chi connectivity index (χ4v) is 2.48. The van der Waals surface area contributed by atoms with E-state index in [1.54, 1.807) is 12.1 Å². The highest BCUT2D eigenvalue weighted by Gasteiger charge is 2.23. The van der Waals surface area contributed by atoms with E-state index < -0.39 is 0 Å². The molecule has 0 aliphatic carbocycles. The summed E-state index contributed by atoms with van der Waals surface area (Å²) in [5.41, 5.74) is 2.14. The average Bonchev–Trinajstić information content (AvgIpc) is 2.27. The molecule has 5 nitrogen and oxygen atoms in total. The van der Waals surface area contributed by atoms with Gasteiger partial charge in [-0.05, 0) is 32.4 Å². The van der Waals surface area contributed by atoms with Gasteiger partial charge in [0.05, 0.1) is 17.1 Å². The summed E-state index contributed by atoms with van der Waals surface area (Å²) >= 11 is 0. The standard InChI is InChI=1S/C13H18N2O3/c1-9-6-12(15(16)17)4-5-13(9)14-7-10(2)18-11(3)8-14/h4-6,10-11H,7-8H2,1-3H3/t10-,11+. The van der Waals surface area contributed by atoms with Crippen LogP contribution in [-0.2, 0) is 4.74 Å². The third-order valence-corrected chi connectivity index (χ3v) is 3.15. The van der Waals surface area contributed by atoms with Crippen molar-refractivity contribution in [3.05, 3.63) is 33.9 Å². The van der Waals surface area contributed by atoms with Gasteiger partial charge in [0.2, 0.25) is 0 Å². The zero-order valence-corrected chi connectivity index (χ0v) is 10.9. The zero-order valence-electron chi connectivity index (χ0n) is 10.9. The molecule has 2 rings (SSSR count). The Morgan fingerprint density at radius 3 is 2.44 bits per heavy atom. The molecule has 0 unspecified atom stereocenters. The third kappa shape index (κ3) is 2.61. The second-order valence-corrected chi connectivity index (χ2v) is 4.89. The number of rotatable bonds is 2. The lowest BCUT2D eigenvalue weighted by Crippen LogP contribution is -2.45. The highest BCUT2D eigenvalue weighted by Crippen LogP contribution is 2.27. The predicted octanol–water partition coefficient (Wildman–Crippen LogP) is 2.52.